The molecule has 100 valence electrons. The van der Waals surface area contributed by atoms with Crippen molar-refractivity contribution in [2.45, 2.75) is 4.90 Å². The zero-order chi connectivity index (χ0) is 14.0. The summed E-state index contributed by atoms with van der Waals surface area (Å²) >= 11 is 6.54. The fraction of sp³-hybridized carbons (Fsp3) is 0. The molecule has 0 aliphatic carbocycles. The predicted octanol–water partition coefficient (Wildman–Crippen LogP) is 3.59. The van der Waals surface area contributed by atoms with Gasteiger partial charge in [-0.15, -0.1) is 0 Å². The molecule has 0 aliphatic rings. The van der Waals surface area contributed by atoms with Crippen LogP contribution in [0.5, 0.6) is 0 Å². The largest absolute Gasteiger partial charge is 0.399 e. The van der Waals surface area contributed by atoms with Gasteiger partial charge in [0.2, 0.25) is 0 Å². The van der Waals surface area contributed by atoms with E-state index < -0.39 is 10.0 Å². The Bertz CT molecular complexity index is 700. The number of nitrogens with two attached hydrogens (primary N) is 1. The minimum Gasteiger partial charge on any atom is -0.399 e. The van der Waals surface area contributed by atoms with E-state index >= 15 is 0 Å². The summed E-state index contributed by atoms with van der Waals surface area (Å²) in [5.41, 5.74) is 6.53. The molecule has 0 saturated heterocycles. The second kappa shape index (κ2) is 5.52. The molecule has 7 heteroatoms. The van der Waals surface area contributed by atoms with E-state index in [0.29, 0.717) is 15.8 Å². The zero-order valence-corrected chi connectivity index (χ0v) is 13.6. The summed E-state index contributed by atoms with van der Waals surface area (Å²) in [5.74, 6) is 0. The third-order valence-electron chi connectivity index (χ3n) is 2.36. The highest BCUT2D eigenvalue weighted by Crippen LogP contribution is 2.27. The quantitative estimate of drug-likeness (QED) is 0.766. The maximum Gasteiger partial charge on any atom is 0.261 e. The van der Waals surface area contributed by atoms with Crippen LogP contribution in [0.15, 0.2) is 56.3 Å². The van der Waals surface area contributed by atoms with Crippen LogP contribution >= 0.6 is 31.9 Å². The smallest absolute Gasteiger partial charge is 0.261 e. The van der Waals surface area contributed by atoms with E-state index in [1.54, 1.807) is 30.3 Å². The second-order valence-electron chi connectivity index (χ2n) is 3.80. The molecule has 0 spiro atoms. The molecule has 0 aromatic heterocycles. The Morgan fingerprint density at radius 2 is 1.63 bits per heavy atom. The Hall–Kier alpha value is -1.05. The van der Waals surface area contributed by atoms with Gasteiger partial charge in [0.05, 0.1) is 10.6 Å². The molecule has 4 nitrogen and oxygen atoms in total. The van der Waals surface area contributed by atoms with Crippen molar-refractivity contribution in [1.29, 1.82) is 0 Å². The number of anilines is 2. The van der Waals surface area contributed by atoms with Gasteiger partial charge in [0, 0.05) is 14.6 Å². The lowest BCUT2D eigenvalue weighted by Crippen LogP contribution is -2.13. The van der Waals surface area contributed by atoms with Crippen LogP contribution in [0, 0.1) is 0 Å². The fourth-order valence-electron chi connectivity index (χ4n) is 1.44. The molecule has 2 aromatic rings. The molecule has 0 heterocycles. The molecule has 0 fully saturated rings. The number of hydrogen-bond acceptors (Lipinski definition) is 3. The molecule has 0 atom stereocenters. The van der Waals surface area contributed by atoms with E-state index in [2.05, 4.69) is 36.6 Å². The molecule has 19 heavy (non-hydrogen) atoms. The monoisotopic (exact) mass is 404 g/mol. The van der Waals surface area contributed by atoms with Gasteiger partial charge in [-0.2, -0.15) is 0 Å². The first-order valence-corrected chi connectivity index (χ1v) is 8.29. The Balaban J connectivity index is 2.36. The van der Waals surface area contributed by atoms with E-state index in [-0.39, 0.29) is 4.90 Å². The highest BCUT2D eigenvalue weighted by molar-refractivity contribution is 9.10. The molecule has 0 amide bonds. The van der Waals surface area contributed by atoms with Crippen molar-refractivity contribution in [3.63, 3.8) is 0 Å². The van der Waals surface area contributed by atoms with Crippen LogP contribution in [-0.2, 0) is 10.0 Å². The van der Waals surface area contributed by atoms with Gasteiger partial charge in [0.25, 0.3) is 10.0 Å². The highest BCUT2D eigenvalue weighted by atomic mass is 79.9. The number of sulfonamides is 1. The van der Waals surface area contributed by atoms with Crippen molar-refractivity contribution in [2.75, 3.05) is 10.5 Å². The van der Waals surface area contributed by atoms with Crippen molar-refractivity contribution < 1.29 is 8.42 Å². The number of nitrogens with one attached hydrogen (secondary N) is 1. The van der Waals surface area contributed by atoms with Crippen LogP contribution in [0.2, 0.25) is 0 Å². The predicted molar refractivity (Wildman–Crippen MR) is 83.5 cm³/mol. The Labute approximate surface area is 128 Å². The molecule has 0 radical (unpaired) electrons. The average Bonchev–Trinajstić information content (AvgIpc) is 2.34. The van der Waals surface area contributed by atoms with Crippen LogP contribution < -0.4 is 10.5 Å². The third kappa shape index (κ3) is 3.49. The zero-order valence-electron chi connectivity index (χ0n) is 9.60. The van der Waals surface area contributed by atoms with Gasteiger partial charge in [0.15, 0.2) is 0 Å². The van der Waals surface area contributed by atoms with Crippen LogP contribution in [0.1, 0.15) is 0 Å². The van der Waals surface area contributed by atoms with Crippen LogP contribution in [-0.4, -0.2) is 8.42 Å². The lowest BCUT2D eigenvalue weighted by Gasteiger charge is -2.10. The van der Waals surface area contributed by atoms with E-state index in [9.17, 15) is 8.42 Å². The van der Waals surface area contributed by atoms with Gasteiger partial charge < -0.3 is 5.73 Å². The first kappa shape index (κ1) is 14.4. The molecule has 0 saturated carbocycles. The SMILES string of the molecule is Nc1ccc(Br)c(NS(=O)(=O)c2ccc(Br)cc2)c1. The molecular weight excluding hydrogens is 396 g/mol. The number of benzene rings is 2. The maximum atomic E-state index is 12.2. The minimum atomic E-state index is -3.63. The van der Waals surface area contributed by atoms with Gasteiger partial charge in [-0.1, -0.05) is 15.9 Å². The fourth-order valence-corrected chi connectivity index (χ4v) is 3.25. The second-order valence-corrected chi connectivity index (χ2v) is 7.25. The first-order chi connectivity index (χ1) is 8.88. The van der Waals surface area contributed by atoms with Crippen molar-refractivity contribution in [3.05, 3.63) is 51.4 Å². The number of halogens is 2. The summed E-state index contributed by atoms with van der Waals surface area (Å²) < 4.78 is 28.3. The topological polar surface area (TPSA) is 72.2 Å². The molecule has 0 unspecified atom stereocenters. The minimum absolute atomic E-state index is 0.185. The average molecular weight is 406 g/mol. The molecular formula is C12H10Br2N2O2S. The van der Waals surface area contributed by atoms with Crippen molar-refractivity contribution >= 4 is 53.3 Å². The maximum absolute atomic E-state index is 12.2. The van der Waals surface area contributed by atoms with Gasteiger partial charge in [-0.05, 0) is 58.4 Å². The molecule has 0 bridgehead atoms. The normalized spacial score (nSPS) is 11.3. The Kier molecular flexibility index (Phi) is 4.17. The van der Waals surface area contributed by atoms with Crippen molar-refractivity contribution in [1.82, 2.24) is 0 Å². The number of rotatable bonds is 3. The summed E-state index contributed by atoms with van der Waals surface area (Å²) in [6.07, 6.45) is 0. The summed E-state index contributed by atoms with van der Waals surface area (Å²) in [7, 11) is -3.63. The van der Waals surface area contributed by atoms with E-state index in [1.807, 2.05) is 0 Å². The third-order valence-corrected chi connectivity index (χ3v) is 4.96. The van der Waals surface area contributed by atoms with Gasteiger partial charge in [0.1, 0.15) is 0 Å². The van der Waals surface area contributed by atoms with Crippen LogP contribution in [0.4, 0.5) is 11.4 Å². The van der Waals surface area contributed by atoms with E-state index in [0.717, 1.165) is 4.47 Å². The van der Waals surface area contributed by atoms with Crippen molar-refractivity contribution in [3.8, 4) is 0 Å². The van der Waals surface area contributed by atoms with Crippen molar-refractivity contribution in [2.24, 2.45) is 0 Å². The first-order valence-electron chi connectivity index (χ1n) is 5.22. The highest BCUT2D eigenvalue weighted by Gasteiger charge is 2.15. The Morgan fingerprint density at radius 3 is 2.26 bits per heavy atom. The lowest BCUT2D eigenvalue weighted by atomic mass is 10.3. The summed E-state index contributed by atoms with van der Waals surface area (Å²) in [4.78, 5) is 0.185. The molecule has 3 N–H and O–H groups in total. The Morgan fingerprint density at radius 1 is 1.00 bits per heavy atom. The summed E-state index contributed by atoms with van der Waals surface area (Å²) in [5, 5.41) is 0. The van der Waals surface area contributed by atoms with E-state index in [4.69, 9.17) is 5.73 Å². The molecule has 2 rings (SSSR count). The lowest BCUT2D eigenvalue weighted by molar-refractivity contribution is 0.601. The summed E-state index contributed by atoms with van der Waals surface area (Å²) in [6, 6.07) is 11.3. The van der Waals surface area contributed by atoms with E-state index in [1.165, 1.54) is 12.1 Å². The molecule has 2 aromatic carbocycles. The summed E-state index contributed by atoms with van der Waals surface area (Å²) in [6.45, 7) is 0. The standard InChI is InChI=1S/C12H10Br2N2O2S/c13-8-1-4-10(5-2-8)19(17,18)16-12-7-9(15)3-6-11(12)14/h1-7,16H,15H2. The number of nitrogen functional groups attached to an aromatic ring is 1. The van der Waals surface area contributed by atoms with Gasteiger partial charge in [-0.3, -0.25) is 4.72 Å². The van der Waals surface area contributed by atoms with Gasteiger partial charge >= 0.3 is 0 Å². The van der Waals surface area contributed by atoms with Gasteiger partial charge in [-0.25, -0.2) is 8.42 Å². The number of hydrogen-bond donors (Lipinski definition) is 2. The van der Waals surface area contributed by atoms with Crippen LogP contribution in [0.25, 0.3) is 0 Å². The molecule has 0 aliphatic heterocycles. The van der Waals surface area contributed by atoms with Crippen LogP contribution in [0.3, 0.4) is 0 Å².